The first-order valence-corrected chi connectivity index (χ1v) is 7.14. The predicted molar refractivity (Wildman–Crippen MR) is 75.9 cm³/mol. The zero-order valence-electron chi connectivity index (χ0n) is 10.4. The lowest BCUT2D eigenvalue weighted by molar-refractivity contribution is 0.483. The summed E-state index contributed by atoms with van der Waals surface area (Å²) < 4.78 is 27.5. The monoisotopic (exact) mass is 301 g/mol. The number of halogens is 3. The van der Waals surface area contributed by atoms with E-state index < -0.39 is 11.6 Å². The van der Waals surface area contributed by atoms with Crippen LogP contribution < -0.4 is 5.32 Å². The number of thiophene rings is 1. The van der Waals surface area contributed by atoms with Gasteiger partial charge in [0.15, 0.2) is 11.6 Å². The van der Waals surface area contributed by atoms with Gasteiger partial charge in [0.25, 0.3) is 0 Å². The van der Waals surface area contributed by atoms with E-state index in [1.165, 1.54) is 17.4 Å². The summed E-state index contributed by atoms with van der Waals surface area (Å²) in [6, 6.07) is 8.13. The Labute approximate surface area is 120 Å². The van der Waals surface area contributed by atoms with Crippen LogP contribution in [0.1, 0.15) is 10.4 Å². The molecule has 0 aliphatic rings. The van der Waals surface area contributed by atoms with Crippen molar-refractivity contribution in [1.82, 2.24) is 5.32 Å². The maximum Gasteiger partial charge on any atom is 0.162 e. The van der Waals surface area contributed by atoms with E-state index in [0.29, 0.717) is 12.0 Å². The zero-order chi connectivity index (χ0) is 13.8. The Kier molecular flexibility index (Phi) is 4.91. The van der Waals surface area contributed by atoms with Gasteiger partial charge in [-0.3, -0.25) is 0 Å². The molecule has 2 rings (SSSR count). The van der Waals surface area contributed by atoms with Crippen LogP contribution in [0.4, 0.5) is 8.78 Å². The summed E-state index contributed by atoms with van der Waals surface area (Å²) in [5.41, 5.74) is 0.391. The smallest absolute Gasteiger partial charge is 0.162 e. The van der Waals surface area contributed by atoms with Gasteiger partial charge in [0.1, 0.15) is 0 Å². The lowest BCUT2D eigenvalue weighted by atomic mass is 10.0. The molecule has 0 amide bonds. The molecule has 0 aliphatic heterocycles. The Morgan fingerprint density at radius 3 is 2.63 bits per heavy atom. The van der Waals surface area contributed by atoms with E-state index >= 15 is 0 Å². The lowest BCUT2D eigenvalue weighted by Gasteiger charge is -2.16. The van der Waals surface area contributed by atoms with Crippen LogP contribution in [0.2, 0.25) is 4.34 Å². The van der Waals surface area contributed by atoms with Crippen LogP contribution in [0, 0.1) is 11.6 Å². The summed E-state index contributed by atoms with van der Waals surface area (Å²) in [4.78, 5) is 1.13. The number of hydrogen-bond donors (Lipinski definition) is 1. The van der Waals surface area contributed by atoms with Crippen molar-refractivity contribution in [2.75, 3.05) is 7.05 Å². The van der Waals surface area contributed by atoms with Crippen LogP contribution in [0.15, 0.2) is 30.3 Å². The van der Waals surface area contributed by atoms with Gasteiger partial charge in [0, 0.05) is 10.9 Å². The summed E-state index contributed by atoms with van der Waals surface area (Å²) in [5.74, 6) is -1.56. The molecule has 2 aromatic rings. The molecule has 1 aromatic heterocycles. The van der Waals surface area contributed by atoms with Gasteiger partial charge in [-0.1, -0.05) is 23.7 Å². The maximum atomic E-state index is 13.6. The summed E-state index contributed by atoms with van der Waals surface area (Å²) in [6.45, 7) is 0. The Bertz CT molecular complexity index is 556. The molecule has 1 aromatic carbocycles. The first kappa shape index (κ1) is 14.4. The average molecular weight is 302 g/mol. The molecule has 0 aliphatic carbocycles. The highest BCUT2D eigenvalue weighted by Gasteiger charge is 2.14. The highest BCUT2D eigenvalue weighted by Crippen LogP contribution is 2.23. The number of nitrogens with one attached hydrogen (secondary N) is 1. The minimum Gasteiger partial charge on any atom is -0.316 e. The van der Waals surface area contributed by atoms with Gasteiger partial charge in [-0.15, -0.1) is 11.3 Å². The molecule has 0 fully saturated rings. The quantitative estimate of drug-likeness (QED) is 0.878. The fourth-order valence-corrected chi connectivity index (χ4v) is 3.12. The van der Waals surface area contributed by atoms with Gasteiger partial charge in [0.05, 0.1) is 4.34 Å². The fourth-order valence-electron chi connectivity index (χ4n) is 1.95. The standard InChI is InChI=1S/C14H14ClF2NS/c1-18-10(8-11-5-6-13(15)19-11)7-9-3-2-4-12(16)14(9)17/h2-6,10,18H,7-8H2,1H3. The summed E-state index contributed by atoms with van der Waals surface area (Å²) in [6.07, 6.45) is 1.18. The Balaban J connectivity index is 2.08. The van der Waals surface area contributed by atoms with Crippen LogP contribution in [0.3, 0.4) is 0 Å². The molecule has 19 heavy (non-hydrogen) atoms. The first-order chi connectivity index (χ1) is 9.10. The molecule has 5 heteroatoms. The van der Waals surface area contributed by atoms with Crippen LogP contribution in [0.25, 0.3) is 0 Å². The first-order valence-electron chi connectivity index (χ1n) is 5.94. The van der Waals surface area contributed by atoms with E-state index in [0.717, 1.165) is 21.7 Å². The molecule has 1 unspecified atom stereocenters. The largest absolute Gasteiger partial charge is 0.316 e. The van der Waals surface area contributed by atoms with E-state index in [-0.39, 0.29) is 6.04 Å². The molecule has 0 radical (unpaired) electrons. The maximum absolute atomic E-state index is 13.6. The van der Waals surface area contributed by atoms with Crippen molar-refractivity contribution < 1.29 is 8.78 Å². The molecular formula is C14H14ClF2NS. The SMILES string of the molecule is CNC(Cc1ccc(Cl)s1)Cc1cccc(F)c1F. The summed E-state index contributed by atoms with van der Waals surface area (Å²) in [5, 5.41) is 3.13. The Hall–Kier alpha value is -0.970. The normalized spacial score (nSPS) is 12.6. The number of likely N-dealkylation sites (N-methyl/N-ethyl adjacent to an activating group) is 1. The molecule has 1 nitrogen and oxygen atoms in total. The van der Waals surface area contributed by atoms with Crippen LogP contribution in [0.5, 0.6) is 0 Å². The van der Waals surface area contributed by atoms with Crippen LogP contribution in [-0.2, 0) is 12.8 Å². The third kappa shape index (κ3) is 3.75. The van der Waals surface area contributed by atoms with Gasteiger partial charge >= 0.3 is 0 Å². The third-order valence-corrected chi connectivity index (χ3v) is 4.24. The van der Waals surface area contributed by atoms with E-state index in [1.54, 1.807) is 6.07 Å². The minimum absolute atomic E-state index is 0.0472. The fraction of sp³-hybridized carbons (Fsp3) is 0.286. The number of rotatable bonds is 5. The van der Waals surface area contributed by atoms with Gasteiger partial charge in [-0.25, -0.2) is 8.78 Å². The molecule has 0 saturated carbocycles. The van der Waals surface area contributed by atoms with Crippen LogP contribution in [-0.4, -0.2) is 13.1 Å². The number of benzene rings is 1. The molecule has 0 saturated heterocycles. The second-order valence-corrected chi connectivity index (χ2v) is 6.11. The van der Waals surface area contributed by atoms with Gasteiger partial charge in [-0.05, 0) is 43.7 Å². The minimum atomic E-state index is -0.800. The Morgan fingerprint density at radius 2 is 2.00 bits per heavy atom. The van der Waals surface area contributed by atoms with Crippen LogP contribution >= 0.6 is 22.9 Å². The molecule has 0 spiro atoms. The molecule has 102 valence electrons. The summed E-state index contributed by atoms with van der Waals surface area (Å²) in [7, 11) is 1.82. The van der Waals surface area contributed by atoms with Crippen molar-refractivity contribution in [3.63, 3.8) is 0 Å². The second-order valence-electron chi connectivity index (χ2n) is 4.31. The molecule has 1 heterocycles. The molecule has 0 bridgehead atoms. The van der Waals surface area contributed by atoms with E-state index in [4.69, 9.17) is 11.6 Å². The lowest BCUT2D eigenvalue weighted by Crippen LogP contribution is -2.30. The van der Waals surface area contributed by atoms with Crippen molar-refractivity contribution >= 4 is 22.9 Å². The van der Waals surface area contributed by atoms with Crippen molar-refractivity contribution in [2.24, 2.45) is 0 Å². The summed E-state index contributed by atoms with van der Waals surface area (Å²) >= 11 is 7.39. The topological polar surface area (TPSA) is 12.0 Å². The van der Waals surface area contributed by atoms with Gasteiger partial charge in [-0.2, -0.15) is 0 Å². The van der Waals surface area contributed by atoms with E-state index in [2.05, 4.69) is 5.32 Å². The van der Waals surface area contributed by atoms with E-state index in [9.17, 15) is 8.78 Å². The van der Waals surface area contributed by atoms with E-state index in [1.807, 2.05) is 19.2 Å². The van der Waals surface area contributed by atoms with Gasteiger partial charge in [0.2, 0.25) is 0 Å². The van der Waals surface area contributed by atoms with Crippen molar-refractivity contribution in [3.8, 4) is 0 Å². The van der Waals surface area contributed by atoms with Gasteiger partial charge < -0.3 is 5.32 Å². The third-order valence-electron chi connectivity index (χ3n) is 2.98. The highest BCUT2D eigenvalue weighted by molar-refractivity contribution is 7.16. The van der Waals surface area contributed by atoms with Crippen molar-refractivity contribution in [2.45, 2.75) is 18.9 Å². The average Bonchev–Trinajstić information content (AvgIpc) is 2.79. The second kappa shape index (κ2) is 6.46. The molecule has 1 N–H and O–H groups in total. The number of hydrogen-bond acceptors (Lipinski definition) is 2. The van der Waals surface area contributed by atoms with Crippen molar-refractivity contribution in [1.29, 1.82) is 0 Å². The van der Waals surface area contributed by atoms with Crippen molar-refractivity contribution in [3.05, 3.63) is 56.7 Å². The zero-order valence-corrected chi connectivity index (χ0v) is 12.0. The molecular weight excluding hydrogens is 288 g/mol. The Morgan fingerprint density at radius 1 is 1.21 bits per heavy atom. The molecule has 1 atom stereocenters. The highest BCUT2D eigenvalue weighted by atomic mass is 35.5. The predicted octanol–water partition coefficient (Wildman–Crippen LogP) is 4.05.